The summed E-state index contributed by atoms with van der Waals surface area (Å²) in [7, 11) is 0. The molecule has 0 fully saturated rings. The van der Waals surface area contributed by atoms with E-state index < -0.39 is 11.8 Å². The Morgan fingerprint density at radius 1 is 1.07 bits per heavy atom. The number of halogens is 1. The Balaban J connectivity index is 1.78. The fourth-order valence-corrected chi connectivity index (χ4v) is 3.23. The zero-order valence-corrected chi connectivity index (χ0v) is 16.0. The van der Waals surface area contributed by atoms with Crippen LogP contribution in [0.2, 0.25) is 5.02 Å². The standard InChI is InChI=1S/C21H15ClN4O3/c1-11-18-15(20(28)24-13-7-8-16(22)14(9-13)19(23)27)10-17(25-21(18)29-26-11)12-5-3-2-4-6-12/h2-10H,1H3,(H2,23,27)(H,24,28). The van der Waals surface area contributed by atoms with E-state index in [0.717, 1.165) is 5.56 Å². The highest BCUT2D eigenvalue weighted by atomic mass is 35.5. The van der Waals surface area contributed by atoms with Crippen molar-refractivity contribution in [3.63, 3.8) is 0 Å². The lowest BCUT2D eigenvalue weighted by molar-refractivity contribution is 0.0996. The molecule has 0 saturated heterocycles. The number of hydrogen-bond donors (Lipinski definition) is 2. The number of benzene rings is 2. The first-order valence-electron chi connectivity index (χ1n) is 8.67. The summed E-state index contributed by atoms with van der Waals surface area (Å²) in [5.41, 5.74) is 8.40. The zero-order valence-electron chi connectivity index (χ0n) is 15.3. The molecule has 0 saturated carbocycles. The molecule has 0 atom stereocenters. The molecule has 144 valence electrons. The number of carbonyl (C=O) groups excluding carboxylic acids is 2. The van der Waals surface area contributed by atoms with Crippen molar-refractivity contribution in [2.24, 2.45) is 5.73 Å². The van der Waals surface area contributed by atoms with Crippen molar-refractivity contribution in [1.82, 2.24) is 10.1 Å². The van der Waals surface area contributed by atoms with Gasteiger partial charge < -0.3 is 15.6 Å². The van der Waals surface area contributed by atoms with Crippen molar-refractivity contribution in [1.29, 1.82) is 0 Å². The SMILES string of the molecule is Cc1noc2nc(-c3ccccc3)cc(C(=O)Nc3ccc(Cl)c(C(N)=O)c3)c12. The second-order valence-electron chi connectivity index (χ2n) is 6.38. The topological polar surface area (TPSA) is 111 Å². The van der Waals surface area contributed by atoms with Crippen LogP contribution in [0.25, 0.3) is 22.4 Å². The first kappa shape index (κ1) is 18.6. The summed E-state index contributed by atoms with van der Waals surface area (Å²) in [6.07, 6.45) is 0. The lowest BCUT2D eigenvalue weighted by atomic mass is 10.0. The van der Waals surface area contributed by atoms with E-state index in [1.54, 1.807) is 19.1 Å². The number of aromatic nitrogens is 2. The van der Waals surface area contributed by atoms with Gasteiger partial charge in [0.1, 0.15) is 0 Å². The Bertz CT molecular complexity index is 1250. The molecule has 0 spiro atoms. The van der Waals surface area contributed by atoms with Gasteiger partial charge in [0.2, 0.25) is 5.91 Å². The lowest BCUT2D eigenvalue weighted by Crippen LogP contribution is -2.15. The molecule has 29 heavy (non-hydrogen) atoms. The third-order valence-electron chi connectivity index (χ3n) is 4.42. The minimum Gasteiger partial charge on any atom is -0.366 e. The average molecular weight is 407 g/mol. The van der Waals surface area contributed by atoms with Crippen LogP contribution in [0.5, 0.6) is 0 Å². The van der Waals surface area contributed by atoms with Crippen LogP contribution in [0, 0.1) is 6.92 Å². The quantitative estimate of drug-likeness (QED) is 0.527. The van der Waals surface area contributed by atoms with Gasteiger partial charge in [0.05, 0.1) is 32.9 Å². The van der Waals surface area contributed by atoms with Gasteiger partial charge in [0, 0.05) is 11.3 Å². The lowest BCUT2D eigenvalue weighted by Gasteiger charge is -2.10. The van der Waals surface area contributed by atoms with Crippen molar-refractivity contribution >= 4 is 40.2 Å². The number of amides is 2. The van der Waals surface area contributed by atoms with Crippen LogP contribution >= 0.6 is 11.6 Å². The number of nitrogens with zero attached hydrogens (tertiary/aromatic N) is 2. The summed E-state index contributed by atoms with van der Waals surface area (Å²) in [5, 5.41) is 7.43. The summed E-state index contributed by atoms with van der Waals surface area (Å²) >= 11 is 5.98. The van der Waals surface area contributed by atoms with Crippen LogP contribution in [0.4, 0.5) is 5.69 Å². The van der Waals surface area contributed by atoms with Crippen LogP contribution in [0.3, 0.4) is 0 Å². The third-order valence-corrected chi connectivity index (χ3v) is 4.75. The van der Waals surface area contributed by atoms with Crippen LogP contribution in [0.1, 0.15) is 26.4 Å². The second-order valence-corrected chi connectivity index (χ2v) is 6.79. The molecule has 0 unspecified atom stereocenters. The number of hydrogen-bond acceptors (Lipinski definition) is 5. The molecule has 3 N–H and O–H groups in total. The van der Waals surface area contributed by atoms with Gasteiger partial charge in [-0.15, -0.1) is 0 Å². The Morgan fingerprint density at radius 2 is 1.83 bits per heavy atom. The van der Waals surface area contributed by atoms with E-state index in [2.05, 4.69) is 15.5 Å². The summed E-state index contributed by atoms with van der Waals surface area (Å²) in [4.78, 5) is 29.1. The molecule has 0 bridgehead atoms. The molecular formula is C21H15ClN4O3. The fourth-order valence-electron chi connectivity index (χ4n) is 3.02. The predicted molar refractivity (Wildman–Crippen MR) is 110 cm³/mol. The summed E-state index contributed by atoms with van der Waals surface area (Å²) < 4.78 is 5.30. The molecule has 7 nitrogen and oxygen atoms in total. The van der Waals surface area contributed by atoms with Crippen molar-refractivity contribution in [3.8, 4) is 11.3 Å². The maximum absolute atomic E-state index is 13.1. The highest BCUT2D eigenvalue weighted by molar-refractivity contribution is 6.34. The maximum Gasteiger partial charge on any atom is 0.259 e. The first-order chi connectivity index (χ1) is 13.9. The molecule has 0 aliphatic heterocycles. The van der Waals surface area contributed by atoms with Gasteiger partial charge >= 0.3 is 0 Å². The summed E-state index contributed by atoms with van der Waals surface area (Å²) in [5.74, 6) is -1.09. The van der Waals surface area contributed by atoms with Crippen molar-refractivity contribution < 1.29 is 14.1 Å². The molecule has 2 amide bonds. The smallest absolute Gasteiger partial charge is 0.259 e. The number of pyridine rings is 1. The van der Waals surface area contributed by atoms with Gasteiger partial charge in [0.15, 0.2) is 0 Å². The average Bonchev–Trinajstić information content (AvgIpc) is 3.10. The van der Waals surface area contributed by atoms with Crippen LogP contribution in [-0.2, 0) is 0 Å². The molecule has 8 heteroatoms. The van der Waals surface area contributed by atoms with Gasteiger partial charge in [-0.1, -0.05) is 47.1 Å². The normalized spacial score (nSPS) is 10.8. The largest absolute Gasteiger partial charge is 0.366 e. The highest BCUT2D eigenvalue weighted by Crippen LogP contribution is 2.28. The number of anilines is 1. The number of rotatable bonds is 4. The van der Waals surface area contributed by atoms with E-state index in [1.165, 1.54) is 12.1 Å². The number of nitrogens with two attached hydrogens (primary N) is 1. The number of fused-ring (bicyclic) bond motifs is 1. The molecule has 0 aliphatic rings. The molecule has 2 aromatic heterocycles. The van der Waals surface area contributed by atoms with Gasteiger partial charge in [0.25, 0.3) is 11.6 Å². The number of nitrogens with one attached hydrogen (secondary N) is 1. The molecule has 2 aromatic carbocycles. The Hall–Kier alpha value is -3.71. The van der Waals surface area contributed by atoms with E-state index in [0.29, 0.717) is 28.0 Å². The number of carbonyl (C=O) groups is 2. The van der Waals surface area contributed by atoms with E-state index in [1.807, 2.05) is 30.3 Å². The summed E-state index contributed by atoms with van der Waals surface area (Å²) in [6.45, 7) is 1.74. The van der Waals surface area contributed by atoms with Crippen molar-refractivity contribution in [2.45, 2.75) is 6.92 Å². The third kappa shape index (κ3) is 3.55. The van der Waals surface area contributed by atoms with E-state index >= 15 is 0 Å². The Morgan fingerprint density at radius 3 is 2.55 bits per heavy atom. The maximum atomic E-state index is 13.1. The Kier molecular flexibility index (Phi) is 4.74. The van der Waals surface area contributed by atoms with E-state index in [-0.39, 0.29) is 16.3 Å². The molecule has 0 radical (unpaired) electrons. The van der Waals surface area contributed by atoms with Gasteiger partial charge in [-0.05, 0) is 31.2 Å². The minimum absolute atomic E-state index is 0.121. The number of primary amides is 1. The molecule has 0 aliphatic carbocycles. The molecule has 4 rings (SSSR count). The Labute approximate surface area is 170 Å². The zero-order chi connectivity index (χ0) is 20.5. The summed E-state index contributed by atoms with van der Waals surface area (Å²) in [6, 6.07) is 15.6. The molecule has 2 heterocycles. The van der Waals surface area contributed by atoms with E-state index in [9.17, 15) is 9.59 Å². The van der Waals surface area contributed by atoms with Gasteiger partial charge in [-0.2, -0.15) is 0 Å². The minimum atomic E-state index is -0.682. The highest BCUT2D eigenvalue weighted by Gasteiger charge is 2.20. The van der Waals surface area contributed by atoms with Gasteiger partial charge in [-0.3, -0.25) is 9.59 Å². The second kappa shape index (κ2) is 7.37. The predicted octanol–water partition coefficient (Wildman–Crippen LogP) is 4.20. The number of aryl methyl sites for hydroxylation is 1. The van der Waals surface area contributed by atoms with Crippen molar-refractivity contribution in [2.75, 3.05) is 5.32 Å². The fraction of sp³-hybridized carbons (Fsp3) is 0.0476. The first-order valence-corrected chi connectivity index (χ1v) is 9.05. The monoisotopic (exact) mass is 406 g/mol. The van der Waals surface area contributed by atoms with Crippen LogP contribution < -0.4 is 11.1 Å². The van der Waals surface area contributed by atoms with Crippen molar-refractivity contribution in [3.05, 3.63) is 76.4 Å². The van der Waals surface area contributed by atoms with Crippen LogP contribution in [0.15, 0.2) is 59.1 Å². The molecule has 4 aromatic rings. The van der Waals surface area contributed by atoms with Gasteiger partial charge in [-0.25, -0.2) is 4.98 Å². The van der Waals surface area contributed by atoms with E-state index in [4.69, 9.17) is 21.9 Å². The van der Waals surface area contributed by atoms with Crippen LogP contribution in [-0.4, -0.2) is 22.0 Å². The molecular weight excluding hydrogens is 392 g/mol.